The lowest BCUT2D eigenvalue weighted by Gasteiger charge is -2.39. The fraction of sp³-hybridized carbons (Fsp3) is 0.533. The largest absolute Gasteiger partial charge is 0.409 e. The molecule has 1 aliphatic heterocycles. The van der Waals surface area contributed by atoms with Crippen molar-refractivity contribution in [1.29, 1.82) is 0 Å². The normalized spacial score (nSPS) is 24.8. The zero-order chi connectivity index (χ0) is 14.5. The highest BCUT2D eigenvalue weighted by Gasteiger charge is 2.24. The van der Waals surface area contributed by atoms with Crippen LogP contribution in [0, 0.1) is 0 Å². The number of hydrogen-bond donors (Lipinski definition) is 3. The highest BCUT2D eigenvalue weighted by Crippen LogP contribution is 2.20. The van der Waals surface area contributed by atoms with Gasteiger partial charge >= 0.3 is 0 Å². The summed E-state index contributed by atoms with van der Waals surface area (Å²) in [6.45, 7) is 5.18. The first-order chi connectivity index (χ1) is 9.63. The fourth-order valence-corrected chi connectivity index (χ4v) is 2.89. The third-order valence-electron chi connectivity index (χ3n) is 4.05. The molecule has 110 valence electrons. The smallest absolute Gasteiger partial charge is 0.170 e. The molecule has 2 rings (SSSR count). The maximum atomic E-state index is 8.85. The van der Waals surface area contributed by atoms with E-state index in [1.165, 1.54) is 19.3 Å². The zero-order valence-electron chi connectivity index (χ0n) is 12.2. The van der Waals surface area contributed by atoms with Crippen molar-refractivity contribution in [1.82, 2.24) is 10.4 Å². The van der Waals surface area contributed by atoms with Gasteiger partial charge in [0.25, 0.3) is 0 Å². The predicted molar refractivity (Wildman–Crippen MR) is 80.4 cm³/mol. The molecule has 0 spiro atoms. The summed E-state index contributed by atoms with van der Waals surface area (Å²) in [6, 6.07) is 8.80. The van der Waals surface area contributed by atoms with Crippen molar-refractivity contribution in [3.63, 3.8) is 0 Å². The van der Waals surface area contributed by atoms with E-state index >= 15 is 0 Å². The maximum absolute atomic E-state index is 8.85. The number of nitrogens with one attached hydrogen (secondary N) is 1. The second-order valence-electron chi connectivity index (χ2n) is 5.51. The number of hydrogen-bond acceptors (Lipinski definition) is 4. The summed E-state index contributed by atoms with van der Waals surface area (Å²) in [6.07, 6.45) is 3.74. The molecule has 1 aromatic carbocycles. The van der Waals surface area contributed by atoms with Gasteiger partial charge in [0.1, 0.15) is 0 Å². The quantitative estimate of drug-likeness (QED) is 0.340. The third kappa shape index (κ3) is 3.29. The number of benzene rings is 1. The van der Waals surface area contributed by atoms with Gasteiger partial charge in [-0.1, -0.05) is 35.8 Å². The Hall–Kier alpha value is -1.59. The van der Waals surface area contributed by atoms with Gasteiger partial charge < -0.3 is 10.9 Å². The first kappa shape index (κ1) is 14.8. The van der Waals surface area contributed by atoms with Crippen LogP contribution in [0.2, 0.25) is 0 Å². The first-order valence-corrected chi connectivity index (χ1v) is 7.21. The summed E-state index contributed by atoms with van der Waals surface area (Å²) in [4.78, 5) is 0. The van der Waals surface area contributed by atoms with Gasteiger partial charge in [0.2, 0.25) is 0 Å². The van der Waals surface area contributed by atoms with Crippen molar-refractivity contribution in [3.8, 4) is 0 Å². The Morgan fingerprint density at radius 2 is 2.00 bits per heavy atom. The molecule has 5 nitrogen and oxygen atoms in total. The number of piperidine rings is 1. The molecule has 1 saturated heterocycles. The molecule has 20 heavy (non-hydrogen) atoms. The monoisotopic (exact) mass is 276 g/mol. The fourth-order valence-electron chi connectivity index (χ4n) is 2.89. The molecule has 0 saturated carbocycles. The summed E-state index contributed by atoms with van der Waals surface area (Å²) < 4.78 is 0. The summed E-state index contributed by atoms with van der Waals surface area (Å²) in [5, 5.41) is 14.3. The topological polar surface area (TPSA) is 73.9 Å². The van der Waals surface area contributed by atoms with Crippen molar-refractivity contribution in [2.24, 2.45) is 10.9 Å². The Morgan fingerprint density at radius 3 is 2.65 bits per heavy atom. The van der Waals surface area contributed by atoms with Gasteiger partial charge in [0, 0.05) is 24.2 Å². The van der Waals surface area contributed by atoms with Crippen LogP contribution < -0.4 is 11.2 Å². The molecule has 1 heterocycles. The van der Waals surface area contributed by atoms with Crippen LogP contribution in [0.5, 0.6) is 0 Å². The van der Waals surface area contributed by atoms with Crippen LogP contribution in [0.25, 0.3) is 0 Å². The number of oxime groups is 1. The van der Waals surface area contributed by atoms with Crippen molar-refractivity contribution >= 4 is 5.84 Å². The lowest BCUT2D eigenvalue weighted by molar-refractivity contribution is 0.0435. The van der Waals surface area contributed by atoms with E-state index in [9.17, 15) is 0 Å². The lowest BCUT2D eigenvalue weighted by Crippen LogP contribution is -2.51. The number of nitrogens with two attached hydrogens (primary N) is 1. The molecule has 0 radical (unpaired) electrons. The van der Waals surface area contributed by atoms with Gasteiger partial charge in [-0.05, 0) is 32.3 Å². The molecule has 1 aromatic rings. The molecular formula is C15H24N4O. The minimum atomic E-state index is 0.155. The van der Waals surface area contributed by atoms with Crippen LogP contribution in [-0.4, -0.2) is 28.1 Å². The lowest BCUT2D eigenvalue weighted by atomic mass is 10.00. The highest BCUT2D eigenvalue weighted by molar-refractivity contribution is 5.98. The van der Waals surface area contributed by atoms with E-state index in [2.05, 4.69) is 29.4 Å². The van der Waals surface area contributed by atoms with Crippen molar-refractivity contribution in [2.45, 2.75) is 51.7 Å². The van der Waals surface area contributed by atoms with Gasteiger partial charge in [-0.3, -0.25) is 5.43 Å². The third-order valence-corrected chi connectivity index (χ3v) is 4.05. The second kappa shape index (κ2) is 6.72. The van der Waals surface area contributed by atoms with E-state index in [-0.39, 0.29) is 5.84 Å². The number of nitrogens with zero attached hydrogens (tertiary/aromatic N) is 2. The summed E-state index contributed by atoms with van der Waals surface area (Å²) >= 11 is 0. The van der Waals surface area contributed by atoms with E-state index in [1.807, 2.05) is 24.3 Å². The van der Waals surface area contributed by atoms with E-state index in [0.717, 1.165) is 11.1 Å². The van der Waals surface area contributed by atoms with Crippen LogP contribution in [0.3, 0.4) is 0 Å². The Bertz CT molecular complexity index is 465. The number of hydrazine groups is 1. The minimum Gasteiger partial charge on any atom is -0.409 e. The van der Waals surface area contributed by atoms with Crippen LogP contribution in [0.15, 0.2) is 29.4 Å². The summed E-state index contributed by atoms with van der Waals surface area (Å²) in [7, 11) is 0. The van der Waals surface area contributed by atoms with Crippen molar-refractivity contribution in [2.75, 3.05) is 0 Å². The number of rotatable bonds is 4. The van der Waals surface area contributed by atoms with E-state index in [0.29, 0.717) is 18.6 Å². The van der Waals surface area contributed by atoms with Crippen molar-refractivity contribution in [3.05, 3.63) is 35.4 Å². The van der Waals surface area contributed by atoms with Gasteiger partial charge in [-0.25, -0.2) is 5.01 Å². The predicted octanol–water partition coefficient (Wildman–Crippen LogP) is 2.05. The maximum Gasteiger partial charge on any atom is 0.170 e. The minimum absolute atomic E-state index is 0.155. The molecule has 2 atom stereocenters. The van der Waals surface area contributed by atoms with E-state index in [4.69, 9.17) is 10.9 Å². The van der Waals surface area contributed by atoms with E-state index < -0.39 is 0 Å². The van der Waals surface area contributed by atoms with Crippen LogP contribution in [0.1, 0.15) is 44.2 Å². The highest BCUT2D eigenvalue weighted by atomic mass is 16.4. The van der Waals surface area contributed by atoms with Crippen LogP contribution in [0.4, 0.5) is 0 Å². The van der Waals surface area contributed by atoms with Gasteiger partial charge in [-0.15, -0.1) is 0 Å². The standard InChI is InChI=1S/C15H24N4O/c1-11-6-5-7-12(2)19(11)17-10-13-8-3-4-9-14(13)15(16)18-20/h3-4,8-9,11-12,17,20H,5-7,10H2,1-2H3,(H2,16,18). The Morgan fingerprint density at radius 1 is 1.35 bits per heavy atom. The summed E-state index contributed by atoms with van der Waals surface area (Å²) in [5.74, 6) is 0.155. The molecule has 0 bridgehead atoms. The Balaban J connectivity index is 2.07. The Kier molecular flexibility index (Phi) is 4.98. The zero-order valence-corrected chi connectivity index (χ0v) is 12.2. The van der Waals surface area contributed by atoms with E-state index in [1.54, 1.807) is 0 Å². The Labute approximate surface area is 120 Å². The first-order valence-electron chi connectivity index (χ1n) is 7.21. The molecule has 1 aliphatic rings. The molecular weight excluding hydrogens is 252 g/mol. The van der Waals surface area contributed by atoms with Crippen LogP contribution in [-0.2, 0) is 6.54 Å². The molecule has 5 heteroatoms. The summed E-state index contributed by atoms with van der Waals surface area (Å²) in [5.41, 5.74) is 11.0. The molecule has 1 fully saturated rings. The van der Waals surface area contributed by atoms with Crippen LogP contribution >= 0.6 is 0 Å². The average Bonchev–Trinajstić information content (AvgIpc) is 2.46. The molecule has 0 aromatic heterocycles. The number of amidine groups is 1. The molecule has 2 unspecified atom stereocenters. The SMILES string of the molecule is CC1CCCC(C)N1NCc1ccccc1/C(N)=N/O. The van der Waals surface area contributed by atoms with Gasteiger partial charge in [-0.2, -0.15) is 0 Å². The van der Waals surface area contributed by atoms with Crippen molar-refractivity contribution < 1.29 is 5.21 Å². The molecule has 0 amide bonds. The average molecular weight is 276 g/mol. The molecule has 0 aliphatic carbocycles. The second-order valence-corrected chi connectivity index (χ2v) is 5.51. The van der Waals surface area contributed by atoms with Gasteiger partial charge in [0.05, 0.1) is 0 Å². The van der Waals surface area contributed by atoms with Gasteiger partial charge in [0.15, 0.2) is 5.84 Å². The molecule has 4 N–H and O–H groups in total.